The lowest BCUT2D eigenvalue weighted by molar-refractivity contribution is 0.102. The Labute approximate surface area is 196 Å². The zero-order valence-electron chi connectivity index (χ0n) is 18.7. The summed E-state index contributed by atoms with van der Waals surface area (Å²) in [6, 6.07) is 22.7. The maximum absolute atomic E-state index is 13.3. The van der Waals surface area contributed by atoms with Gasteiger partial charge in [0.15, 0.2) is 5.76 Å². The summed E-state index contributed by atoms with van der Waals surface area (Å²) in [5, 5.41) is 7.00. The average Bonchev–Trinajstić information content (AvgIpc) is 3.46. The molecule has 34 heavy (non-hydrogen) atoms. The maximum atomic E-state index is 13.3. The highest BCUT2D eigenvalue weighted by Crippen LogP contribution is 2.27. The number of para-hydroxylation sites is 2. The van der Waals surface area contributed by atoms with E-state index in [2.05, 4.69) is 20.4 Å². The predicted molar refractivity (Wildman–Crippen MR) is 133 cm³/mol. The van der Waals surface area contributed by atoms with Crippen LogP contribution in [0.2, 0.25) is 0 Å². The highest BCUT2D eigenvalue weighted by atomic mass is 16.5. The molecule has 5 aromatic rings. The summed E-state index contributed by atoms with van der Waals surface area (Å²) in [5.41, 5.74) is 5.02. The first-order valence-corrected chi connectivity index (χ1v) is 10.8. The number of carbonyl (C=O) groups excluding carboxylic acids is 1. The van der Waals surface area contributed by atoms with Crippen LogP contribution in [0.15, 0.2) is 77.3 Å². The summed E-state index contributed by atoms with van der Waals surface area (Å²) in [6.07, 6.45) is 3.67. The minimum Gasteiger partial charge on any atom is -0.497 e. The van der Waals surface area contributed by atoms with E-state index < -0.39 is 0 Å². The van der Waals surface area contributed by atoms with Crippen molar-refractivity contribution in [3.8, 4) is 17.1 Å². The van der Waals surface area contributed by atoms with E-state index in [1.807, 2.05) is 72.8 Å². The Hall–Kier alpha value is -4.65. The van der Waals surface area contributed by atoms with E-state index in [4.69, 9.17) is 9.26 Å². The number of ether oxygens (including phenoxy) is 1. The fourth-order valence-corrected chi connectivity index (χ4v) is 3.69. The van der Waals surface area contributed by atoms with Gasteiger partial charge >= 0.3 is 0 Å². The number of methoxy groups -OCH3 is 1. The fourth-order valence-electron chi connectivity index (χ4n) is 3.69. The lowest BCUT2D eigenvalue weighted by Crippen LogP contribution is -2.14. The van der Waals surface area contributed by atoms with Gasteiger partial charge in [-0.1, -0.05) is 53.7 Å². The molecule has 0 unspecified atom stereocenters. The molecule has 0 fully saturated rings. The zero-order chi connectivity index (χ0) is 23.5. The summed E-state index contributed by atoms with van der Waals surface area (Å²) in [4.78, 5) is 21.3. The topological polar surface area (TPSA) is 93.0 Å². The van der Waals surface area contributed by atoms with Crippen molar-refractivity contribution in [2.24, 2.45) is 0 Å². The number of nitrogens with one attached hydrogen (secondary N) is 2. The molecule has 3 aromatic carbocycles. The highest BCUT2D eigenvalue weighted by Gasteiger charge is 2.19. The van der Waals surface area contributed by atoms with Gasteiger partial charge < -0.3 is 19.6 Å². The number of H-pyrrole nitrogens is 1. The van der Waals surface area contributed by atoms with Gasteiger partial charge in [-0.05, 0) is 48.9 Å². The Morgan fingerprint density at radius 1 is 1.00 bits per heavy atom. The second-order valence-electron chi connectivity index (χ2n) is 7.72. The SMILES string of the molecule is COc1ccc(/C=C/c2onc(C)c2NC(=O)c2ccccc2-c2nc3ccccc3[nH]2)cc1. The first-order valence-electron chi connectivity index (χ1n) is 10.8. The molecule has 0 saturated heterocycles. The third-order valence-electron chi connectivity index (χ3n) is 5.49. The Bertz CT molecular complexity index is 1460. The van der Waals surface area contributed by atoms with E-state index in [1.165, 1.54) is 0 Å². The van der Waals surface area contributed by atoms with Crippen LogP contribution in [-0.4, -0.2) is 28.1 Å². The number of hydrogen-bond acceptors (Lipinski definition) is 5. The second kappa shape index (κ2) is 9.07. The molecule has 2 N–H and O–H groups in total. The number of aromatic nitrogens is 3. The minimum absolute atomic E-state index is 0.276. The summed E-state index contributed by atoms with van der Waals surface area (Å²) in [7, 11) is 1.63. The van der Waals surface area contributed by atoms with Crippen LogP contribution in [-0.2, 0) is 0 Å². The molecule has 0 bridgehead atoms. The maximum Gasteiger partial charge on any atom is 0.256 e. The number of imidazole rings is 1. The van der Waals surface area contributed by atoms with Gasteiger partial charge in [0.2, 0.25) is 0 Å². The van der Waals surface area contributed by atoms with Gasteiger partial charge in [0, 0.05) is 5.56 Å². The largest absolute Gasteiger partial charge is 0.497 e. The molecule has 0 aliphatic heterocycles. The van der Waals surface area contributed by atoms with E-state index >= 15 is 0 Å². The van der Waals surface area contributed by atoms with Gasteiger partial charge in [0.25, 0.3) is 5.91 Å². The van der Waals surface area contributed by atoms with E-state index in [0.717, 1.165) is 22.3 Å². The van der Waals surface area contributed by atoms with Crippen LogP contribution in [0, 0.1) is 6.92 Å². The molecule has 0 radical (unpaired) electrons. The number of fused-ring (bicyclic) bond motifs is 1. The zero-order valence-corrected chi connectivity index (χ0v) is 18.7. The van der Waals surface area contributed by atoms with Crippen LogP contribution in [0.4, 0.5) is 5.69 Å². The Kier molecular flexibility index (Phi) is 5.66. The lowest BCUT2D eigenvalue weighted by atomic mass is 10.1. The number of hydrogen-bond donors (Lipinski definition) is 2. The summed E-state index contributed by atoms with van der Waals surface area (Å²) in [6.45, 7) is 1.79. The number of carbonyl (C=O) groups is 1. The van der Waals surface area contributed by atoms with Crippen LogP contribution < -0.4 is 10.1 Å². The lowest BCUT2D eigenvalue weighted by Gasteiger charge is -2.08. The van der Waals surface area contributed by atoms with Crippen molar-refractivity contribution in [1.29, 1.82) is 0 Å². The molecule has 2 aromatic heterocycles. The molecular formula is C27H22N4O3. The van der Waals surface area contributed by atoms with Gasteiger partial charge in [-0.25, -0.2) is 4.98 Å². The Balaban J connectivity index is 1.42. The van der Waals surface area contributed by atoms with Crippen molar-refractivity contribution in [2.45, 2.75) is 6.92 Å². The average molecular weight is 450 g/mol. The number of aromatic amines is 1. The molecule has 0 spiro atoms. The number of amides is 1. The van der Waals surface area contributed by atoms with E-state index in [0.29, 0.717) is 34.1 Å². The number of anilines is 1. The van der Waals surface area contributed by atoms with Gasteiger partial charge in [-0.3, -0.25) is 4.79 Å². The van der Waals surface area contributed by atoms with Gasteiger partial charge in [0.05, 0.1) is 23.7 Å². The third kappa shape index (κ3) is 4.19. The van der Waals surface area contributed by atoms with Crippen molar-refractivity contribution < 1.29 is 14.1 Å². The van der Waals surface area contributed by atoms with Crippen molar-refractivity contribution in [3.63, 3.8) is 0 Å². The summed E-state index contributed by atoms with van der Waals surface area (Å²) >= 11 is 0. The molecule has 1 amide bonds. The van der Waals surface area contributed by atoms with Crippen LogP contribution in [0.1, 0.15) is 27.4 Å². The van der Waals surface area contributed by atoms with Crippen molar-refractivity contribution in [1.82, 2.24) is 15.1 Å². The highest BCUT2D eigenvalue weighted by molar-refractivity contribution is 6.09. The quantitative estimate of drug-likeness (QED) is 0.333. The fraction of sp³-hybridized carbons (Fsp3) is 0.0741. The molecular weight excluding hydrogens is 428 g/mol. The smallest absolute Gasteiger partial charge is 0.256 e. The van der Waals surface area contributed by atoms with Crippen molar-refractivity contribution in [3.05, 3.63) is 95.4 Å². The first kappa shape index (κ1) is 21.2. The molecule has 168 valence electrons. The summed E-state index contributed by atoms with van der Waals surface area (Å²) in [5.74, 6) is 1.60. The van der Waals surface area contributed by atoms with Crippen LogP contribution in [0.5, 0.6) is 5.75 Å². The summed E-state index contributed by atoms with van der Waals surface area (Å²) < 4.78 is 10.7. The van der Waals surface area contributed by atoms with Gasteiger partial charge in [0.1, 0.15) is 23.0 Å². The molecule has 0 aliphatic carbocycles. The number of aryl methyl sites for hydroxylation is 1. The Morgan fingerprint density at radius 2 is 1.76 bits per heavy atom. The monoisotopic (exact) mass is 450 g/mol. The predicted octanol–water partition coefficient (Wildman–Crippen LogP) is 5.96. The van der Waals surface area contributed by atoms with E-state index in [1.54, 1.807) is 26.2 Å². The second-order valence-corrected chi connectivity index (χ2v) is 7.72. The normalized spacial score (nSPS) is 11.2. The molecule has 7 nitrogen and oxygen atoms in total. The molecule has 0 saturated carbocycles. The van der Waals surface area contributed by atoms with Crippen LogP contribution in [0.25, 0.3) is 34.6 Å². The van der Waals surface area contributed by atoms with E-state index in [-0.39, 0.29) is 5.91 Å². The van der Waals surface area contributed by atoms with Crippen molar-refractivity contribution >= 4 is 34.8 Å². The van der Waals surface area contributed by atoms with E-state index in [9.17, 15) is 4.79 Å². The molecule has 0 atom stereocenters. The number of rotatable bonds is 6. The molecule has 5 rings (SSSR count). The Morgan fingerprint density at radius 3 is 2.56 bits per heavy atom. The minimum atomic E-state index is -0.276. The molecule has 0 aliphatic rings. The van der Waals surface area contributed by atoms with Crippen LogP contribution in [0.3, 0.4) is 0 Å². The number of benzene rings is 3. The molecule has 7 heteroatoms. The van der Waals surface area contributed by atoms with Gasteiger partial charge in [-0.2, -0.15) is 0 Å². The van der Waals surface area contributed by atoms with Crippen LogP contribution >= 0.6 is 0 Å². The number of nitrogens with zero attached hydrogens (tertiary/aromatic N) is 2. The molecule has 2 heterocycles. The standard InChI is InChI=1S/C27H22N4O3/c1-17-25(24(34-31-17)16-13-18-11-14-19(33-2)15-12-18)30-27(32)21-8-4-3-7-20(21)26-28-22-9-5-6-10-23(22)29-26/h3-16H,1-2H3,(H,28,29)(H,30,32)/b16-13+. The third-order valence-corrected chi connectivity index (χ3v) is 5.49. The van der Waals surface area contributed by atoms with Gasteiger partial charge in [-0.15, -0.1) is 0 Å². The van der Waals surface area contributed by atoms with Crippen molar-refractivity contribution in [2.75, 3.05) is 12.4 Å². The first-order chi connectivity index (χ1) is 16.6.